The lowest BCUT2D eigenvalue weighted by Gasteiger charge is -2.43. The van der Waals surface area contributed by atoms with Crippen LogP contribution in [0.25, 0.3) is 0 Å². The minimum absolute atomic E-state index is 0.338. The third-order valence-electron chi connectivity index (χ3n) is 11.3. The van der Waals surface area contributed by atoms with Gasteiger partial charge < -0.3 is 20.4 Å². The quantitative estimate of drug-likeness (QED) is 0.188. The Balaban J connectivity index is 0.000000142. The Morgan fingerprint density at radius 2 is 0.750 bits per heavy atom. The summed E-state index contributed by atoms with van der Waals surface area (Å²) < 4.78 is 0. The molecular formula is C40H44O4. The summed E-state index contributed by atoms with van der Waals surface area (Å²) in [5, 5.41) is 38.8. The second-order valence-electron chi connectivity index (χ2n) is 13.7. The summed E-state index contributed by atoms with van der Waals surface area (Å²) in [6.45, 7) is 0. The molecule has 0 radical (unpaired) electrons. The number of rotatable bonds is 2. The lowest BCUT2D eigenvalue weighted by Crippen LogP contribution is -2.30. The SMILES string of the molecule is Oc1ccc([C@@H]2Cc3ccc(O)cc3[C@@H]3CCCC[C@H]23)cc1.Oc1ccc([C@H]2Cc3ccc(O)cc3[C@H]3CCCC[C@@H]23)cc1. The van der Waals surface area contributed by atoms with Gasteiger partial charge in [0, 0.05) is 0 Å². The van der Waals surface area contributed by atoms with E-state index in [1.807, 2.05) is 24.3 Å². The molecule has 0 saturated heterocycles. The van der Waals surface area contributed by atoms with Gasteiger partial charge in [-0.2, -0.15) is 0 Å². The van der Waals surface area contributed by atoms with Gasteiger partial charge in [0.25, 0.3) is 0 Å². The maximum atomic E-state index is 9.86. The second kappa shape index (κ2) is 12.2. The standard InChI is InChI=1S/2C20H22O2/c2*21-15-8-5-13(6-9-15)19-11-14-7-10-16(22)12-20(14)18-4-2-1-3-17(18)19/h2*5-10,12,17-19,21-22H,1-4,11H2/t2*17-,18+,19-/m10/s1. The summed E-state index contributed by atoms with van der Waals surface area (Å²) in [5.74, 6) is 4.99. The fraction of sp³-hybridized carbons (Fsp3) is 0.400. The van der Waals surface area contributed by atoms with Crippen molar-refractivity contribution in [1.29, 1.82) is 0 Å². The van der Waals surface area contributed by atoms with E-state index in [0.717, 1.165) is 12.8 Å². The van der Waals surface area contributed by atoms with Gasteiger partial charge in [-0.1, -0.05) is 62.1 Å². The van der Waals surface area contributed by atoms with Crippen molar-refractivity contribution in [1.82, 2.24) is 0 Å². The van der Waals surface area contributed by atoms with Gasteiger partial charge in [-0.3, -0.25) is 0 Å². The monoisotopic (exact) mass is 588 g/mol. The van der Waals surface area contributed by atoms with Gasteiger partial charge in [-0.05, 0) is 156 Å². The molecule has 4 heteroatoms. The van der Waals surface area contributed by atoms with Gasteiger partial charge in [0.2, 0.25) is 0 Å². The Morgan fingerprint density at radius 3 is 1.16 bits per heavy atom. The summed E-state index contributed by atoms with van der Waals surface area (Å²) in [6.07, 6.45) is 12.3. The summed E-state index contributed by atoms with van der Waals surface area (Å²) in [6, 6.07) is 27.4. The van der Waals surface area contributed by atoms with Crippen LogP contribution in [0.2, 0.25) is 0 Å². The fourth-order valence-corrected chi connectivity index (χ4v) is 9.23. The zero-order chi connectivity index (χ0) is 30.2. The Kier molecular flexibility index (Phi) is 8.01. The smallest absolute Gasteiger partial charge is 0.115 e. The van der Waals surface area contributed by atoms with E-state index in [-0.39, 0.29) is 0 Å². The molecule has 0 aromatic heterocycles. The number of aromatic hydroxyl groups is 4. The highest BCUT2D eigenvalue weighted by atomic mass is 16.3. The largest absolute Gasteiger partial charge is 0.508 e. The Labute approximate surface area is 261 Å². The number of fused-ring (bicyclic) bond motifs is 6. The molecule has 4 aliphatic carbocycles. The van der Waals surface area contributed by atoms with Crippen LogP contribution in [-0.4, -0.2) is 20.4 Å². The van der Waals surface area contributed by atoms with Crippen LogP contribution in [0.15, 0.2) is 84.9 Å². The summed E-state index contributed by atoms with van der Waals surface area (Å²) in [5.41, 5.74) is 8.21. The van der Waals surface area contributed by atoms with Gasteiger partial charge in [0.05, 0.1) is 0 Å². The van der Waals surface area contributed by atoms with E-state index in [1.165, 1.54) is 84.7 Å². The van der Waals surface area contributed by atoms with Crippen molar-refractivity contribution in [3.63, 3.8) is 0 Å². The lowest BCUT2D eigenvalue weighted by molar-refractivity contribution is 0.242. The van der Waals surface area contributed by atoms with Gasteiger partial charge in [-0.25, -0.2) is 0 Å². The second-order valence-corrected chi connectivity index (χ2v) is 13.7. The highest BCUT2D eigenvalue weighted by Gasteiger charge is 2.40. The van der Waals surface area contributed by atoms with Crippen molar-refractivity contribution in [2.45, 2.75) is 87.9 Å². The fourth-order valence-electron chi connectivity index (χ4n) is 9.23. The van der Waals surface area contributed by atoms with Crippen molar-refractivity contribution >= 4 is 0 Å². The molecule has 4 aliphatic rings. The first-order chi connectivity index (χ1) is 21.4. The summed E-state index contributed by atoms with van der Waals surface area (Å²) in [4.78, 5) is 0. The highest BCUT2D eigenvalue weighted by molar-refractivity contribution is 5.44. The van der Waals surface area contributed by atoms with E-state index in [0.29, 0.717) is 58.5 Å². The molecule has 4 nitrogen and oxygen atoms in total. The number of benzene rings is 4. The minimum atomic E-state index is 0.338. The molecule has 4 aromatic rings. The van der Waals surface area contributed by atoms with Crippen molar-refractivity contribution in [3.8, 4) is 23.0 Å². The van der Waals surface area contributed by atoms with Crippen LogP contribution in [0.4, 0.5) is 0 Å². The van der Waals surface area contributed by atoms with Gasteiger partial charge in [-0.15, -0.1) is 0 Å². The van der Waals surface area contributed by atoms with Gasteiger partial charge >= 0.3 is 0 Å². The average molecular weight is 589 g/mol. The number of hydrogen-bond acceptors (Lipinski definition) is 4. The number of phenols is 4. The van der Waals surface area contributed by atoms with E-state index in [9.17, 15) is 20.4 Å². The topological polar surface area (TPSA) is 80.9 Å². The maximum absolute atomic E-state index is 9.86. The van der Waals surface area contributed by atoms with Crippen LogP contribution < -0.4 is 0 Å². The first-order valence-corrected chi connectivity index (χ1v) is 16.7. The Bertz CT molecular complexity index is 1470. The van der Waals surface area contributed by atoms with Gasteiger partial charge in [0.15, 0.2) is 0 Å². The van der Waals surface area contributed by atoms with Crippen molar-refractivity contribution < 1.29 is 20.4 Å². The minimum Gasteiger partial charge on any atom is -0.508 e. The molecule has 8 rings (SSSR count). The molecule has 0 amide bonds. The Hall–Kier alpha value is -3.92. The maximum Gasteiger partial charge on any atom is 0.115 e. The molecular weight excluding hydrogens is 544 g/mol. The molecule has 0 spiro atoms. The first-order valence-electron chi connectivity index (χ1n) is 16.7. The van der Waals surface area contributed by atoms with Crippen molar-refractivity contribution in [2.75, 3.05) is 0 Å². The first kappa shape index (κ1) is 28.8. The molecule has 228 valence electrons. The average Bonchev–Trinajstić information content (AvgIpc) is 3.05. The van der Waals surface area contributed by atoms with E-state index in [4.69, 9.17) is 0 Å². The zero-order valence-corrected chi connectivity index (χ0v) is 25.4. The normalized spacial score (nSPS) is 27.0. The molecule has 0 heterocycles. The molecule has 6 atom stereocenters. The highest BCUT2D eigenvalue weighted by Crippen LogP contribution is 2.53. The Morgan fingerprint density at radius 1 is 0.386 bits per heavy atom. The third kappa shape index (κ3) is 5.67. The van der Waals surface area contributed by atoms with E-state index in [2.05, 4.69) is 36.4 Å². The van der Waals surface area contributed by atoms with Crippen molar-refractivity contribution in [2.24, 2.45) is 11.8 Å². The van der Waals surface area contributed by atoms with E-state index in [1.54, 1.807) is 24.3 Å². The molecule has 44 heavy (non-hydrogen) atoms. The number of hydrogen-bond donors (Lipinski definition) is 4. The molecule has 2 fully saturated rings. The predicted octanol–water partition coefficient (Wildman–Crippen LogP) is 9.42. The van der Waals surface area contributed by atoms with E-state index >= 15 is 0 Å². The van der Waals surface area contributed by atoms with Crippen LogP contribution in [-0.2, 0) is 12.8 Å². The molecule has 4 aromatic carbocycles. The van der Waals surface area contributed by atoms with Crippen LogP contribution in [0.3, 0.4) is 0 Å². The zero-order valence-electron chi connectivity index (χ0n) is 25.4. The molecule has 0 unspecified atom stereocenters. The third-order valence-corrected chi connectivity index (χ3v) is 11.3. The van der Waals surface area contributed by atoms with Crippen molar-refractivity contribution in [3.05, 3.63) is 118 Å². The van der Waals surface area contributed by atoms with Gasteiger partial charge in [0.1, 0.15) is 23.0 Å². The van der Waals surface area contributed by atoms with Crippen LogP contribution in [0.1, 0.15) is 108 Å². The lowest BCUT2D eigenvalue weighted by atomic mass is 9.61. The number of phenolic OH excluding ortho intramolecular Hbond substituents is 4. The van der Waals surface area contributed by atoms with Crippen LogP contribution >= 0.6 is 0 Å². The summed E-state index contributed by atoms with van der Waals surface area (Å²) in [7, 11) is 0. The predicted molar refractivity (Wildman–Crippen MR) is 175 cm³/mol. The molecule has 0 bridgehead atoms. The van der Waals surface area contributed by atoms with Crippen LogP contribution in [0, 0.1) is 11.8 Å². The van der Waals surface area contributed by atoms with Crippen LogP contribution in [0.5, 0.6) is 23.0 Å². The molecule has 2 saturated carbocycles. The van der Waals surface area contributed by atoms with E-state index < -0.39 is 0 Å². The molecule has 0 aliphatic heterocycles. The summed E-state index contributed by atoms with van der Waals surface area (Å²) >= 11 is 0. The molecule has 4 N–H and O–H groups in total.